The SMILES string of the molecule is C=C(C)c1ccccc1.CCCC(=O)/C(=C/c1c2ccccc2cc2ccccc12)C(C)CC. The fraction of sp³-hybridized carbons (Fsp3) is 0.242. The minimum Gasteiger partial charge on any atom is -0.295 e. The van der Waals surface area contributed by atoms with Gasteiger partial charge in [-0.05, 0) is 76.1 Å². The molecule has 4 aromatic rings. The van der Waals surface area contributed by atoms with Crippen LogP contribution in [0.5, 0.6) is 0 Å². The summed E-state index contributed by atoms with van der Waals surface area (Å²) < 4.78 is 0. The van der Waals surface area contributed by atoms with Crippen molar-refractivity contribution in [3.05, 3.63) is 108 Å². The highest BCUT2D eigenvalue weighted by Gasteiger charge is 2.16. The second-order valence-electron chi connectivity index (χ2n) is 8.96. The zero-order chi connectivity index (χ0) is 24.5. The molecule has 4 rings (SSSR count). The molecule has 0 spiro atoms. The van der Waals surface area contributed by atoms with Crippen LogP contribution in [0.2, 0.25) is 0 Å². The van der Waals surface area contributed by atoms with Crippen LogP contribution in [0.4, 0.5) is 0 Å². The first-order valence-corrected chi connectivity index (χ1v) is 12.3. The maximum atomic E-state index is 12.8. The molecule has 0 saturated carbocycles. The number of rotatable bonds is 7. The van der Waals surface area contributed by atoms with E-state index in [1.807, 2.05) is 25.1 Å². The van der Waals surface area contributed by atoms with Crippen LogP contribution in [0.3, 0.4) is 0 Å². The van der Waals surface area contributed by atoms with E-state index in [4.69, 9.17) is 0 Å². The molecule has 1 heteroatoms. The predicted molar refractivity (Wildman–Crippen MR) is 150 cm³/mol. The Bertz CT molecular complexity index is 1240. The minimum atomic E-state index is 0.275. The van der Waals surface area contributed by atoms with Gasteiger partial charge in [-0.3, -0.25) is 4.79 Å². The molecule has 1 unspecified atom stereocenters. The highest BCUT2D eigenvalue weighted by molar-refractivity contribution is 6.10. The van der Waals surface area contributed by atoms with Crippen LogP contribution >= 0.6 is 0 Å². The molecular formula is C33H36O. The first-order valence-electron chi connectivity index (χ1n) is 12.3. The molecule has 0 fully saturated rings. The third-order valence-corrected chi connectivity index (χ3v) is 6.32. The largest absolute Gasteiger partial charge is 0.295 e. The number of allylic oxidation sites excluding steroid dienone is 2. The Kier molecular flexibility index (Phi) is 8.99. The van der Waals surface area contributed by atoms with Gasteiger partial charge in [0.15, 0.2) is 5.78 Å². The first kappa shape index (κ1) is 25.2. The van der Waals surface area contributed by atoms with E-state index in [0.717, 1.165) is 24.0 Å². The van der Waals surface area contributed by atoms with Crippen molar-refractivity contribution >= 4 is 39.0 Å². The highest BCUT2D eigenvalue weighted by Crippen LogP contribution is 2.32. The van der Waals surface area contributed by atoms with Gasteiger partial charge in [-0.15, -0.1) is 0 Å². The molecule has 34 heavy (non-hydrogen) atoms. The Labute approximate surface area is 204 Å². The van der Waals surface area contributed by atoms with Crippen molar-refractivity contribution < 1.29 is 4.79 Å². The van der Waals surface area contributed by atoms with E-state index in [2.05, 4.69) is 100 Å². The number of hydrogen-bond acceptors (Lipinski definition) is 1. The Balaban J connectivity index is 0.000000302. The van der Waals surface area contributed by atoms with Gasteiger partial charge in [-0.2, -0.15) is 0 Å². The Hall–Kier alpha value is -3.45. The molecule has 174 valence electrons. The third-order valence-electron chi connectivity index (χ3n) is 6.32. The van der Waals surface area contributed by atoms with Gasteiger partial charge in [-0.25, -0.2) is 0 Å². The predicted octanol–water partition coefficient (Wildman–Crippen LogP) is 9.51. The second-order valence-corrected chi connectivity index (χ2v) is 8.96. The van der Waals surface area contributed by atoms with Crippen molar-refractivity contribution in [2.45, 2.75) is 47.0 Å². The molecule has 0 aromatic heterocycles. The van der Waals surface area contributed by atoms with Crippen molar-refractivity contribution in [1.82, 2.24) is 0 Å². The lowest BCUT2D eigenvalue weighted by atomic mass is 9.88. The van der Waals surface area contributed by atoms with E-state index in [-0.39, 0.29) is 11.7 Å². The molecule has 0 heterocycles. The maximum Gasteiger partial charge on any atom is 0.159 e. The zero-order valence-electron chi connectivity index (χ0n) is 21.0. The molecule has 0 radical (unpaired) electrons. The van der Waals surface area contributed by atoms with Crippen molar-refractivity contribution in [2.75, 3.05) is 0 Å². The summed E-state index contributed by atoms with van der Waals surface area (Å²) in [5, 5.41) is 4.87. The van der Waals surface area contributed by atoms with Crippen molar-refractivity contribution in [1.29, 1.82) is 0 Å². The number of carbonyl (C=O) groups excluding carboxylic acids is 1. The molecule has 4 aromatic carbocycles. The highest BCUT2D eigenvalue weighted by atomic mass is 16.1. The average molecular weight is 449 g/mol. The summed E-state index contributed by atoms with van der Waals surface area (Å²) >= 11 is 0. The molecule has 1 nitrogen and oxygen atoms in total. The standard InChI is InChI=1S/C24H26O.C9H10/c1-4-10-24(25)22(17(3)5-2)16-23-20-13-8-6-11-18(20)15-19-12-7-9-14-21(19)23;1-8(2)9-6-4-3-5-7-9/h6-9,11-17H,4-5,10H2,1-3H3;3-7H,1H2,2H3/b22-16+;. The summed E-state index contributed by atoms with van der Waals surface area (Å²) in [4.78, 5) is 12.8. The molecule has 0 amide bonds. The van der Waals surface area contributed by atoms with Crippen LogP contribution < -0.4 is 0 Å². The van der Waals surface area contributed by atoms with Crippen LogP contribution in [-0.4, -0.2) is 5.78 Å². The van der Waals surface area contributed by atoms with E-state index < -0.39 is 0 Å². The molecule has 0 bridgehead atoms. The summed E-state index contributed by atoms with van der Waals surface area (Å²) in [5.41, 5.74) is 4.48. The average Bonchev–Trinajstić information content (AvgIpc) is 2.87. The van der Waals surface area contributed by atoms with E-state index >= 15 is 0 Å². The maximum absolute atomic E-state index is 12.8. The smallest absolute Gasteiger partial charge is 0.159 e. The van der Waals surface area contributed by atoms with Crippen LogP contribution in [0.15, 0.2) is 97.1 Å². The van der Waals surface area contributed by atoms with E-state index in [1.165, 1.54) is 32.7 Å². The number of Topliss-reactive ketones (excluding diaryl/α,β-unsaturated/α-hetero) is 1. The number of fused-ring (bicyclic) bond motifs is 2. The van der Waals surface area contributed by atoms with Crippen molar-refractivity contribution in [3.63, 3.8) is 0 Å². The number of benzene rings is 4. The fourth-order valence-electron chi connectivity index (χ4n) is 4.17. The summed E-state index contributed by atoms with van der Waals surface area (Å²) in [7, 11) is 0. The molecule has 0 aliphatic heterocycles. The minimum absolute atomic E-state index is 0.275. The lowest BCUT2D eigenvalue weighted by molar-refractivity contribution is -0.116. The van der Waals surface area contributed by atoms with Gasteiger partial charge in [-0.1, -0.05) is 112 Å². The van der Waals surface area contributed by atoms with Gasteiger partial charge in [0.05, 0.1) is 0 Å². The van der Waals surface area contributed by atoms with Crippen LogP contribution in [0.25, 0.3) is 33.2 Å². The lowest BCUT2D eigenvalue weighted by Crippen LogP contribution is -2.10. The number of carbonyl (C=O) groups is 1. The molecule has 0 aliphatic rings. The summed E-state index contributed by atoms with van der Waals surface area (Å²) in [6.45, 7) is 12.2. The number of hydrogen-bond donors (Lipinski definition) is 0. The van der Waals surface area contributed by atoms with E-state index in [1.54, 1.807) is 0 Å². The topological polar surface area (TPSA) is 17.1 Å². The van der Waals surface area contributed by atoms with Crippen LogP contribution in [0, 0.1) is 5.92 Å². The summed E-state index contributed by atoms with van der Waals surface area (Å²) in [5.74, 6) is 0.561. The van der Waals surface area contributed by atoms with Gasteiger partial charge >= 0.3 is 0 Å². The number of ketones is 1. The van der Waals surface area contributed by atoms with Gasteiger partial charge < -0.3 is 0 Å². The first-order chi connectivity index (χ1) is 16.5. The van der Waals surface area contributed by atoms with Gasteiger partial charge in [0.25, 0.3) is 0 Å². The normalized spacial score (nSPS) is 12.2. The fourth-order valence-corrected chi connectivity index (χ4v) is 4.17. The van der Waals surface area contributed by atoms with Crippen LogP contribution in [0.1, 0.15) is 58.1 Å². The Morgan fingerprint density at radius 2 is 1.38 bits per heavy atom. The van der Waals surface area contributed by atoms with E-state index in [0.29, 0.717) is 6.42 Å². The quantitative estimate of drug-likeness (QED) is 0.203. The van der Waals surface area contributed by atoms with Gasteiger partial charge in [0.2, 0.25) is 0 Å². The lowest BCUT2D eigenvalue weighted by Gasteiger charge is -2.15. The van der Waals surface area contributed by atoms with Crippen molar-refractivity contribution in [2.24, 2.45) is 5.92 Å². The molecule has 0 saturated heterocycles. The van der Waals surface area contributed by atoms with Crippen LogP contribution in [-0.2, 0) is 4.79 Å². The molecule has 0 N–H and O–H groups in total. The van der Waals surface area contributed by atoms with Gasteiger partial charge in [0, 0.05) is 6.42 Å². The summed E-state index contributed by atoms with van der Waals surface area (Å²) in [6, 6.07) is 29.3. The third kappa shape index (κ3) is 6.11. The Morgan fingerprint density at radius 1 is 0.853 bits per heavy atom. The summed E-state index contributed by atoms with van der Waals surface area (Å²) in [6.07, 6.45) is 4.66. The van der Waals surface area contributed by atoms with E-state index in [9.17, 15) is 4.79 Å². The molecule has 1 atom stereocenters. The Morgan fingerprint density at radius 3 is 1.85 bits per heavy atom. The van der Waals surface area contributed by atoms with Gasteiger partial charge in [0.1, 0.15) is 0 Å². The molecule has 0 aliphatic carbocycles. The molecular weight excluding hydrogens is 412 g/mol. The monoisotopic (exact) mass is 448 g/mol. The second kappa shape index (κ2) is 12.1. The van der Waals surface area contributed by atoms with Crippen molar-refractivity contribution in [3.8, 4) is 0 Å². The zero-order valence-corrected chi connectivity index (χ0v) is 21.0.